The number of rotatable bonds is 5. The Morgan fingerprint density at radius 1 is 1.12 bits per heavy atom. The van der Waals surface area contributed by atoms with Crippen molar-refractivity contribution in [1.29, 1.82) is 0 Å². The first-order valence-electron chi connectivity index (χ1n) is 8.10. The highest BCUT2D eigenvalue weighted by Gasteiger charge is 2.13. The molecule has 1 aromatic heterocycles. The molecular formula is C20H20N2O3. The summed E-state index contributed by atoms with van der Waals surface area (Å²) in [6.45, 7) is 4.60. The van der Waals surface area contributed by atoms with Crippen LogP contribution in [0.2, 0.25) is 0 Å². The molecule has 5 nitrogen and oxygen atoms in total. The quantitative estimate of drug-likeness (QED) is 0.697. The molecule has 3 rings (SSSR count). The molecule has 25 heavy (non-hydrogen) atoms. The fourth-order valence-electron chi connectivity index (χ4n) is 2.61. The number of carbonyl (C=O) groups excluding carboxylic acids is 1. The summed E-state index contributed by atoms with van der Waals surface area (Å²) in [6, 6.07) is 15.3. The third-order valence-electron chi connectivity index (χ3n) is 3.80. The maximum Gasteiger partial charge on any atom is 0.356 e. The predicted molar refractivity (Wildman–Crippen MR) is 98.7 cm³/mol. The van der Waals surface area contributed by atoms with Crippen LogP contribution in [0, 0.1) is 6.92 Å². The van der Waals surface area contributed by atoms with Crippen molar-refractivity contribution >= 4 is 28.2 Å². The summed E-state index contributed by atoms with van der Waals surface area (Å²) in [5.41, 5.74) is 3.83. The second-order valence-electron chi connectivity index (χ2n) is 5.65. The molecule has 0 aliphatic rings. The number of nitrogens with zero attached hydrogens (tertiary/aromatic N) is 1. The molecule has 3 aromatic rings. The van der Waals surface area contributed by atoms with Gasteiger partial charge in [0.15, 0.2) is 5.69 Å². The summed E-state index contributed by atoms with van der Waals surface area (Å²) < 4.78 is 10.3. The standard InChI is InChI=1S/C20H20N2O3/c1-4-25-15-8-6-14(7-9-15)21-18-12-19(20(23)24-3)22-17-10-5-13(2)11-16(17)18/h5-12H,4H2,1-3H3,(H,21,22). The van der Waals surface area contributed by atoms with E-state index in [4.69, 9.17) is 9.47 Å². The number of aromatic nitrogens is 1. The number of anilines is 2. The number of nitrogens with one attached hydrogen (secondary N) is 1. The van der Waals surface area contributed by atoms with Crippen LogP contribution in [0.15, 0.2) is 48.5 Å². The monoisotopic (exact) mass is 336 g/mol. The average molecular weight is 336 g/mol. The van der Waals surface area contributed by atoms with Gasteiger partial charge >= 0.3 is 5.97 Å². The van der Waals surface area contributed by atoms with Gasteiger partial charge in [0.05, 0.1) is 24.9 Å². The first kappa shape index (κ1) is 16.8. The predicted octanol–water partition coefficient (Wildman–Crippen LogP) is 4.47. The van der Waals surface area contributed by atoms with Crippen LogP contribution in [-0.4, -0.2) is 24.7 Å². The van der Waals surface area contributed by atoms with Crippen molar-refractivity contribution in [1.82, 2.24) is 4.98 Å². The van der Waals surface area contributed by atoms with Gasteiger partial charge < -0.3 is 14.8 Å². The Balaban J connectivity index is 2.03. The number of benzene rings is 2. The van der Waals surface area contributed by atoms with Crippen molar-refractivity contribution < 1.29 is 14.3 Å². The minimum Gasteiger partial charge on any atom is -0.494 e. The smallest absolute Gasteiger partial charge is 0.356 e. The lowest BCUT2D eigenvalue weighted by molar-refractivity contribution is 0.0594. The third-order valence-corrected chi connectivity index (χ3v) is 3.80. The van der Waals surface area contributed by atoms with Crippen molar-refractivity contribution in [3.63, 3.8) is 0 Å². The van der Waals surface area contributed by atoms with Crippen molar-refractivity contribution in [3.8, 4) is 5.75 Å². The van der Waals surface area contributed by atoms with Gasteiger partial charge in [0.1, 0.15) is 5.75 Å². The van der Waals surface area contributed by atoms with E-state index in [0.29, 0.717) is 6.61 Å². The lowest BCUT2D eigenvalue weighted by Gasteiger charge is -2.12. The van der Waals surface area contributed by atoms with Crippen LogP contribution in [-0.2, 0) is 4.74 Å². The Kier molecular flexibility index (Phi) is 4.84. The van der Waals surface area contributed by atoms with Gasteiger partial charge in [-0.1, -0.05) is 11.6 Å². The zero-order valence-corrected chi connectivity index (χ0v) is 14.5. The molecule has 1 heterocycles. The summed E-state index contributed by atoms with van der Waals surface area (Å²) in [5.74, 6) is 0.357. The molecule has 0 saturated carbocycles. The number of ether oxygens (including phenoxy) is 2. The molecule has 0 bridgehead atoms. The number of esters is 1. The molecule has 0 atom stereocenters. The lowest BCUT2D eigenvalue weighted by atomic mass is 10.1. The minimum absolute atomic E-state index is 0.271. The van der Waals surface area contributed by atoms with Crippen molar-refractivity contribution in [2.75, 3.05) is 19.0 Å². The zero-order chi connectivity index (χ0) is 17.8. The van der Waals surface area contributed by atoms with Gasteiger partial charge in [-0.2, -0.15) is 0 Å². The molecule has 2 aromatic carbocycles. The SMILES string of the molecule is CCOc1ccc(Nc2cc(C(=O)OC)nc3ccc(C)cc23)cc1. The second kappa shape index (κ2) is 7.21. The third kappa shape index (κ3) is 3.71. The first-order chi connectivity index (χ1) is 12.1. The fraction of sp³-hybridized carbons (Fsp3) is 0.200. The fourth-order valence-corrected chi connectivity index (χ4v) is 2.61. The normalized spacial score (nSPS) is 10.5. The Morgan fingerprint density at radius 2 is 1.88 bits per heavy atom. The van der Waals surface area contributed by atoms with Crippen molar-refractivity contribution in [2.24, 2.45) is 0 Å². The second-order valence-corrected chi connectivity index (χ2v) is 5.65. The summed E-state index contributed by atoms with van der Waals surface area (Å²) in [4.78, 5) is 16.3. The Bertz CT molecular complexity index is 905. The average Bonchev–Trinajstić information content (AvgIpc) is 2.63. The molecule has 0 aliphatic carbocycles. The Hall–Kier alpha value is -3.08. The molecule has 0 unspecified atom stereocenters. The van der Waals surface area contributed by atoms with Crippen molar-refractivity contribution in [2.45, 2.75) is 13.8 Å². The number of aryl methyl sites for hydroxylation is 1. The van der Waals surface area contributed by atoms with Crippen molar-refractivity contribution in [3.05, 3.63) is 59.8 Å². The summed E-state index contributed by atoms with van der Waals surface area (Å²) >= 11 is 0. The highest BCUT2D eigenvalue weighted by atomic mass is 16.5. The molecule has 0 fully saturated rings. The van der Waals surface area contributed by atoms with E-state index >= 15 is 0 Å². The maximum atomic E-state index is 11.9. The van der Waals surface area contributed by atoms with Crippen LogP contribution in [0.25, 0.3) is 10.9 Å². The van der Waals surface area contributed by atoms with E-state index in [-0.39, 0.29) is 5.69 Å². The molecule has 5 heteroatoms. The topological polar surface area (TPSA) is 60.5 Å². The molecule has 0 spiro atoms. The van der Waals surface area contributed by atoms with Crippen LogP contribution in [0.5, 0.6) is 5.75 Å². The van der Waals surface area contributed by atoms with Gasteiger partial charge in [0, 0.05) is 11.1 Å². The summed E-state index contributed by atoms with van der Waals surface area (Å²) in [7, 11) is 1.35. The minimum atomic E-state index is -0.461. The Labute approximate surface area is 146 Å². The number of carbonyl (C=O) groups is 1. The highest BCUT2D eigenvalue weighted by Crippen LogP contribution is 2.28. The number of pyridine rings is 1. The molecule has 0 saturated heterocycles. The molecule has 0 radical (unpaired) electrons. The van der Waals surface area contributed by atoms with E-state index in [2.05, 4.69) is 10.3 Å². The maximum absolute atomic E-state index is 11.9. The first-order valence-corrected chi connectivity index (χ1v) is 8.10. The van der Waals surface area contributed by atoms with E-state index in [0.717, 1.165) is 33.6 Å². The van der Waals surface area contributed by atoms with E-state index < -0.39 is 5.97 Å². The molecule has 1 N–H and O–H groups in total. The summed E-state index contributed by atoms with van der Waals surface area (Å²) in [6.07, 6.45) is 0. The molecule has 128 valence electrons. The zero-order valence-electron chi connectivity index (χ0n) is 14.5. The van der Waals surface area contributed by atoms with Crippen LogP contribution < -0.4 is 10.1 Å². The van der Waals surface area contributed by atoms with Gasteiger partial charge in [0.2, 0.25) is 0 Å². The van der Waals surface area contributed by atoms with E-state index in [1.807, 2.05) is 56.3 Å². The lowest BCUT2D eigenvalue weighted by Crippen LogP contribution is -2.06. The number of methoxy groups -OCH3 is 1. The van der Waals surface area contributed by atoms with E-state index in [9.17, 15) is 4.79 Å². The van der Waals surface area contributed by atoms with Crippen LogP contribution >= 0.6 is 0 Å². The highest BCUT2D eigenvalue weighted by molar-refractivity contribution is 5.99. The molecule has 0 amide bonds. The van der Waals surface area contributed by atoms with Gasteiger partial charge in [-0.05, 0) is 56.3 Å². The van der Waals surface area contributed by atoms with E-state index in [1.165, 1.54) is 7.11 Å². The number of hydrogen-bond donors (Lipinski definition) is 1. The van der Waals surface area contributed by atoms with Crippen LogP contribution in [0.3, 0.4) is 0 Å². The van der Waals surface area contributed by atoms with Crippen LogP contribution in [0.1, 0.15) is 23.0 Å². The van der Waals surface area contributed by atoms with Crippen LogP contribution in [0.4, 0.5) is 11.4 Å². The largest absolute Gasteiger partial charge is 0.494 e. The van der Waals surface area contributed by atoms with E-state index in [1.54, 1.807) is 6.07 Å². The number of hydrogen-bond acceptors (Lipinski definition) is 5. The summed E-state index contributed by atoms with van der Waals surface area (Å²) in [5, 5.41) is 4.31. The Morgan fingerprint density at radius 3 is 2.56 bits per heavy atom. The van der Waals surface area contributed by atoms with Gasteiger partial charge in [-0.25, -0.2) is 9.78 Å². The molecular weight excluding hydrogens is 316 g/mol. The van der Waals surface area contributed by atoms with Gasteiger partial charge in [-0.15, -0.1) is 0 Å². The van der Waals surface area contributed by atoms with Gasteiger partial charge in [-0.3, -0.25) is 0 Å². The van der Waals surface area contributed by atoms with Gasteiger partial charge in [0.25, 0.3) is 0 Å². The number of fused-ring (bicyclic) bond motifs is 1. The molecule has 0 aliphatic heterocycles.